The zero-order chi connectivity index (χ0) is 17.1. The quantitative estimate of drug-likeness (QED) is 0.711. The van der Waals surface area contributed by atoms with Gasteiger partial charge < -0.3 is 14.5 Å². The molecule has 5 heteroatoms. The van der Waals surface area contributed by atoms with Gasteiger partial charge in [0, 0.05) is 5.39 Å². The number of benzene rings is 2. The molecule has 4 nitrogen and oxygen atoms in total. The average Bonchev–Trinajstić information content (AvgIpc) is 3.01. The summed E-state index contributed by atoms with van der Waals surface area (Å²) in [6.45, 7) is 4.36. The van der Waals surface area contributed by atoms with E-state index in [-0.39, 0.29) is 11.9 Å². The van der Waals surface area contributed by atoms with Crippen LogP contribution in [0.15, 0.2) is 52.9 Å². The molecule has 124 valence electrons. The third kappa shape index (κ3) is 3.24. The lowest BCUT2D eigenvalue weighted by atomic mass is 10.1. The zero-order valence-electron chi connectivity index (χ0n) is 13.5. The second kappa shape index (κ2) is 6.97. The van der Waals surface area contributed by atoms with Crippen molar-refractivity contribution in [2.75, 3.05) is 6.61 Å². The van der Waals surface area contributed by atoms with Gasteiger partial charge >= 0.3 is 0 Å². The van der Waals surface area contributed by atoms with Crippen LogP contribution in [0.4, 0.5) is 0 Å². The van der Waals surface area contributed by atoms with E-state index in [9.17, 15) is 4.79 Å². The molecule has 0 bridgehead atoms. The van der Waals surface area contributed by atoms with Gasteiger partial charge in [-0.25, -0.2) is 0 Å². The van der Waals surface area contributed by atoms with Crippen molar-refractivity contribution >= 4 is 28.5 Å². The van der Waals surface area contributed by atoms with Crippen LogP contribution in [0.2, 0.25) is 5.02 Å². The first-order valence-electron chi connectivity index (χ1n) is 7.80. The number of rotatable bonds is 5. The summed E-state index contributed by atoms with van der Waals surface area (Å²) in [6, 6.07) is 14.3. The average molecular weight is 344 g/mol. The van der Waals surface area contributed by atoms with Gasteiger partial charge in [0.05, 0.1) is 23.2 Å². The summed E-state index contributed by atoms with van der Waals surface area (Å²) < 4.78 is 11.5. The number of hydrogen-bond acceptors (Lipinski definition) is 3. The molecule has 0 spiro atoms. The molecule has 24 heavy (non-hydrogen) atoms. The van der Waals surface area contributed by atoms with Crippen molar-refractivity contribution in [1.29, 1.82) is 0 Å². The molecule has 0 aliphatic rings. The van der Waals surface area contributed by atoms with Crippen LogP contribution in [0, 0.1) is 0 Å². The standard InChI is InChI=1S/C19H18ClNO3/c1-3-23-16-10-6-7-13-11-17(24-18(13)16)12(2)21-19(22)14-8-4-5-9-15(14)20/h4-12H,3H2,1-2H3,(H,21,22). The maximum atomic E-state index is 12.4. The minimum Gasteiger partial charge on any atom is -0.490 e. The normalized spacial score (nSPS) is 12.1. The molecule has 1 atom stereocenters. The van der Waals surface area contributed by atoms with Crippen LogP contribution < -0.4 is 10.1 Å². The molecule has 1 aromatic heterocycles. The molecular formula is C19H18ClNO3. The molecule has 0 saturated carbocycles. The number of amides is 1. The maximum Gasteiger partial charge on any atom is 0.253 e. The molecule has 1 N–H and O–H groups in total. The second-order valence-electron chi connectivity index (χ2n) is 5.43. The Bertz CT molecular complexity index is 872. The molecule has 1 heterocycles. The Hall–Kier alpha value is -2.46. The van der Waals surface area contributed by atoms with Crippen molar-refractivity contribution in [3.63, 3.8) is 0 Å². The van der Waals surface area contributed by atoms with Gasteiger partial charge in [-0.15, -0.1) is 0 Å². The number of nitrogens with one attached hydrogen (secondary N) is 1. The lowest BCUT2D eigenvalue weighted by Gasteiger charge is -2.12. The van der Waals surface area contributed by atoms with E-state index in [1.165, 1.54) is 0 Å². The van der Waals surface area contributed by atoms with E-state index in [1.54, 1.807) is 24.3 Å². The van der Waals surface area contributed by atoms with E-state index >= 15 is 0 Å². The van der Waals surface area contributed by atoms with Crippen molar-refractivity contribution < 1.29 is 13.9 Å². The number of para-hydroxylation sites is 1. The Balaban J connectivity index is 1.84. The Kier molecular flexibility index (Phi) is 4.76. The van der Waals surface area contributed by atoms with E-state index in [2.05, 4.69) is 5.32 Å². The monoisotopic (exact) mass is 343 g/mol. The number of carbonyl (C=O) groups is 1. The molecule has 0 aliphatic heterocycles. The number of halogens is 1. The fourth-order valence-corrected chi connectivity index (χ4v) is 2.75. The largest absolute Gasteiger partial charge is 0.490 e. The number of furan rings is 1. The summed E-state index contributed by atoms with van der Waals surface area (Å²) in [5.41, 5.74) is 1.13. The topological polar surface area (TPSA) is 51.5 Å². The number of carbonyl (C=O) groups excluding carboxylic acids is 1. The van der Waals surface area contributed by atoms with Gasteiger partial charge in [-0.2, -0.15) is 0 Å². The molecule has 0 radical (unpaired) electrons. The van der Waals surface area contributed by atoms with Crippen LogP contribution in [0.25, 0.3) is 11.0 Å². The van der Waals surface area contributed by atoms with Crippen molar-refractivity contribution in [3.05, 3.63) is 64.9 Å². The van der Waals surface area contributed by atoms with Gasteiger partial charge in [0.2, 0.25) is 0 Å². The van der Waals surface area contributed by atoms with E-state index in [0.717, 1.165) is 5.39 Å². The summed E-state index contributed by atoms with van der Waals surface area (Å²) in [5.74, 6) is 1.13. The number of hydrogen-bond donors (Lipinski definition) is 1. The third-order valence-electron chi connectivity index (χ3n) is 3.72. The van der Waals surface area contributed by atoms with Crippen LogP contribution >= 0.6 is 11.6 Å². The second-order valence-corrected chi connectivity index (χ2v) is 5.84. The van der Waals surface area contributed by atoms with Gasteiger partial charge in [0.1, 0.15) is 5.76 Å². The van der Waals surface area contributed by atoms with Crippen LogP contribution in [-0.2, 0) is 0 Å². The SMILES string of the molecule is CCOc1cccc2cc(C(C)NC(=O)c3ccccc3Cl)oc12. The first kappa shape index (κ1) is 16.4. The molecule has 0 fully saturated rings. The summed E-state index contributed by atoms with van der Waals surface area (Å²) in [6.07, 6.45) is 0. The molecule has 0 saturated heterocycles. The minimum atomic E-state index is -0.296. The molecule has 2 aromatic carbocycles. The molecule has 3 rings (SSSR count). The van der Waals surface area contributed by atoms with Gasteiger partial charge in [-0.3, -0.25) is 4.79 Å². The summed E-state index contributed by atoms with van der Waals surface area (Å²) in [7, 11) is 0. The van der Waals surface area contributed by atoms with Gasteiger partial charge in [0.25, 0.3) is 5.91 Å². The molecular weight excluding hydrogens is 326 g/mol. The zero-order valence-corrected chi connectivity index (χ0v) is 14.3. The highest BCUT2D eigenvalue weighted by Crippen LogP contribution is 2.31. The van der Waals surface area contributed by atoms with E-state index < -0.39 is 0 Å². The molecule has 3 aromatic rings. The van der Waals surface area contributed by atoms with Crippen LogP contribution in [-0.4, -0.2) is 12.5 Å². The van der Waals surface area contributed by atoms with Crippen molar-refractivity contribution in [2.45, 2.75) is 19.9 Å². The highest BCUT2D eigenvalue weighted by molar-refractivity contribution is 6.33. The fraction of sp³-hybridized carbons (Fsp3) is 0.211. The van der Waals surface area contributed by atoms with Gasteiger partial charge in [-0.05, 0) is 38.1 Å². The first-order valence-corrected chi connectivity index (χ1v) is 8.18. The fourth-order valence-electron chi connectivity index (χ4n) is 2.53. The third-order valence-corrected chi connectivity index (χ3v) is 4.05. The molecule has 1 unspecified atom stereocenters. The Morgan fingerprint density at radius 2 is 2.04 bits per heavy atom. The van der Waals surface area contributed by atoms with Crippen molar-refractivity contribution in [2.24, 2.45) is 0 Å². The highest BCUT2D eigenvalue weighted by atomic mass is 35.5. The lowest BCUT2D eigenvalue weighted by Crippen LogP contribution is -2.26. The first-order chi connectivity index (χ1) is 11.6. The highest BCUT2D eigenvalue weighted by Gasteiger charge is 2.18. The van der Waals surface area contributed by atoms with E-state index in [0.29, 0.717) is 34.3 Å². The summed E-state index contributed by atoms with van der Waals surface area (Å²) in [5, 5.41) is 4.27. The predicted molar refractivity (Wildman–Crippen MR) is 94.7 cm³/mol. The summed E-state index contributed by atoms with van der Waals surface area (Å²) in [4.78, 5) is 12.4. The molecule has 0 aliphatic carbocycles. The van der Waals surface area contributed by atoms with E-state index in [4.69, 9.17) is 20.8 Å². The van der Waals surface area contributed by atoms with Crippen molar-refractivity contribution in [3.8, 4) is 5.75 Å². The van der Waals surface area contributed by atoms with Crippen LogP contribution in [0.3, 0.4) is 0 Å². The van der Waals surface area contributed by atoms with Crippen LogP contribution in [0.5, 0.6) is 5.75 Å². The minimum absolute atomic E-state index is 0.237. The smallest absolute Gasteiger partial charge is 0.253 e. The number of ether oxygens (including phenoxy) is 1. The van der Waals surface area contributed by atoms with Gasteiger partial charge in [-0.1, -0.05) is 35.9 Å². The predicted octanol–water partition coefficient (Wildman–Crippen LogP) is 4.98. The lowest BCUT2D eigenvalue weighted by molar-refractivity contribution is 0.0936. The summed E-state index contributed by atoms with van der Waals surface area (Å²) >= 11 is 6.07. The van der Waals surface area contributed by atoms with E-state index in [1.807, 2.05) is 38.1 Å². The Morgan fingerprint density at radius 1 is 1.25 bits per heavy atom. The number of fused-ring (bicyclic) bond motifs is 1. The Labute approximate surface area is 145 Å². The van der Waals surface area contributed by atoms with Crippen molar-refractivity contribution in [1.82, 2.24) is 5.32 Å². The Morgan fingerprint density at radius 3 is 2.79 bits per heavy atom. The van der Waals surface area contributed by atoms with Gasteiger partial charge in [0.15, 0.2) is 11.3 Å². The molecule has 1 amide bonds. The van der Waals surface area contributed by atoms with Crippen LogP contribution in [0.1, 0.15) is 36.0 Å². The maximum absolute atomic E-state index is 12.4.